The molecule has 6 heteroatoms. The van der Waals surface area contributed by atoms with Crippen molar-refractivity contribution in [3.63, 3.8) is 0 Å². The summed E-state index contributed by atoms with van der Waals surface area (Å²) in [6.07, 6.45) is 9.00. The predicted molar refractivity (Wildman–Crippen MR) is 111 cm³/mol. The van der Waals surface area contributed by atoms with Gasteiger partial charge < -0.3 is 20.3 Å². The van der Waals surface area contributed by atoms with Gasteiger partial charge in [0.15, 0.2) is 5.96 Å². The second kappa shape index (κ2) is 10.7. The first-order valence-corrected chi connectivity index (χ1v) is 9.92. The molecule has 0 radical (unpaired) electrons. The van der Waals surface area contributed by atoms with E-state index in [1.165, 1.54) is 0 Å². The Bertz CT molecular complexity index is 690. The van der Waals surface area contributed by atoms with Crippen molar-refractivity contribution >= 4 is 5.96 Å². The minimum Gasteiger partial charge on any atom is -0.388 e. The normalized spacial score (nSPS) is 12.2. The molecule has 0 atom stereocenters. The number of nitrogens with zero attached hydrogens (tertiary/aromatic N) is 3. The first-order valence-electron chi connectivity index (χ1n) is 9.92. The van der Waals surface area contributed by atoms with Gasteiger partial charge in [-0.05, 0) is 31.4 Å². The number of para-hydroxylation sites is 1. The number of hydrogen-bond acceptors (Lipinski definition) is 3. The summed E-state index contributed by atoms with van der Waals surface area (Å²) in [6, 6.07) is 8.18. The van der Waals surface area contributed by atoms with Crippen molar-refractivity contribution in [2.24, 2.45) is 4.99 Å². The van der Waals surface area contributed by atoms with Crippen LogP contribution in [0.4, 0.5) is 0 Å². The summed E-state index contributed by atoms with van der Waals surface area (Å²) < 4.78 is 1.99. The van der Waals surface area contributed by atoms with E-state index in [2.05, 4.69) is 41.6 Å². The molecule has 27 heavy (non-hydrogen) atoms. The summed E-state index contributed by atoms with van der Waals surface area (Å²) in [4.78, 5) is 8.86. The van der Waals surface area contributed by atoms with Crippen molar-refractivity contribution in [2.75, 3.05) is 13.1 Å². The lowest BCUT2D eigenvalue weighted by atomic mass is 9.93. The van der Waals surface area contributed by atoms with Crippen molar-refractivity contribution in [3.05, 3.63) is 48.5 Å². The Morgan fingerprint density at radius 1 is 1.15 bits per heavy atom. The number of nitrogens with one attached hydrogen (secondary N) is 2. The van der Waals surface area contributed by atoms with Crippen molar-refractivity contribution in [1.82, 2.24) is 20.2 Å². The highest BCUT2D eigenvalue weighted by atomic mass is 16.3. The van der Waals surface area contributed by atoms with E-state index in [1.54, 1.807) is 12.5 Å². The lowest BCUT2D eigenvalue weighted by Crippen LogP contribution is -2.47. The van der Waals surface area contributed by atoms with E-state index < -0.39 is 5.60 Å². The van der Waals surface area contributed by atoms with Crippen LogP contribution in [0.2, 0.25) is 0 Å². The number of aliphatic hydroxyl groups is 1. The number of guanidine groups is 1. The van der Waals surface area contributed by atoms with Crippen LogP contribution >= 0.6 is 0 Å². The standard InChI is InChI=1S/C21H33N5O/c1-4-11-21(27,12-5-2)16-25-20(23-6-3)24-15-18-9-7-8-10-19(18)26-14-13-22-17-26/h7-10,13-14,17,27H,4-6,11-12,15-16H2,1-3H3,(H2,23,24,25). The van der Waals surface area contributed by atoms with Crippen molar-refractivity contribution in [3.8, 4) is 5.69 Å². The topological polar surface area (TPSA) is 74.5 Å². The van der Waals surface area contributed by atoms with Gasteiger partial charge in [0.05, 0.1) is 24.2 Å². The maximum absolute atomic E-state index is 10.8. The van der Waals surface area contributed by atoms with Gasteiger partial charge in [-0.3, -0.25) is 0 Å². The molecule has 0 spiro atoms. The first kappa shape index (κ1) is 21.0. The van der Waals surface area contributed by atoms with Gasteiger partial charge in [-0.2, -0.15) is 0 Å². The second-order valence-electron chi connectivity index (χ2n) is 6.87. The molecular formula is C21H33N5O. The molecule has 0 bridgehead atoms. The molecule has 1 aromatic heterocycles. The number of hydrogen-bond donors (Lipinski definition) is 3. The molecule has 2 rings (SSSR count). The van der Waals surface area contributed by atoms with Gasteiger partial charge in [0, 0.05) is 25.5 Å². The van der Waals surface area contributed by atoms with E-state index in [1.807, 2.05) is 29.8 Å². The Hall–Kier alpha value is -2.34. The summed E-state index contributed by atoms with van der Waals surface area (Å²) in [7, 11) is 0. The van der Waals surface area contributed by atoms with Gasteiger partial charge in [-0.15, -0.1) is 0 Å². The van der Waals surface area contributed by atoms with Gasteiger partial charge in [-0.1, -0.05) is 44.9 Å². The summed E-state index contributed by atoms with van der Waals surface area (Å²) >= 11 is 0. The number of benzene rings is 1. The number of aromatic nitrogens is 2. The average molecular weight is 372 g/mol. The van der Waals surface area contributed by atoms with E-state index in [9.17, 15) is 5.11 Å². The molecule has 0 unspecified atom stereocenters. The van der Waals surface area contributed by atoms with Crippen LogP contribution in [0, 0.1) is 0 Å². The minimum absolute atomic E-state index is 0.504. The van der Waals surface area contributed by atoms with Crippen LogP contribution in [0.15, 0.2) is 48.0 Å². The quantitative estimate of drug-likeness (QED) is 0.443. The number of imidazole rings is 1. The van der Waals surface area contributed by atoms with Crippen LogP contribution in [-0.2, 0) is 6.54 Å². The summed E-state index contributed by atoms with van der Waals surface area (Å²) in [6.45, 7) is 8.07. The van der Waals surface area contributed by atoms with E-state index in [0.29, 0.717) is 13.1 Å². The maximum atomic E-state index is 10.8. The van der Waals surface area contributed by atoms with Crippen molar-refractivity contribution in [2.45, 2.75) is 58.6 Å². The monoisotopic (exact) mass is 371 g/mol. The molecule has 1 heterocycles. The fraction of sp³-hybridized carbons (Fsp3) is 0.524. The van der Waals surface area contributed by atoms with Crippen LogP contribution in [0.1, 0.15) is 52.0 Å². The molecule has 1 aromatic carbocycles. The molecule has 0 saturated carbocycles. The van der Waals surface area contributed by atoms with E-state index in [-0.39, 0.29) is 0 Å². The van der Waals surface area contributed by atoms with E-state index >= 15 is 0 Å². The van der Waals surface area contributed by atoms with Crippen LogP contribution in [0.5, 0.6) is 0 Å². The lowest BCUT2D eigenvalue weighted by molar-refractivity contribution is 0.0257. The number of aliphatic imine (C=N–C) groups is 1. The highest BCUT2D eigenvalue weighted by molar-refractivity contribution is 5.79. The average Bonchev–Trinajstić information content (AvgIpc) is 3.19. The Morgan fingerprint density at radius 3 is 2.52 bits per heavy atom. The smallest absolute Gasteiger partial charge is 0.191 e. The van der Waals surface area contributed by atoms with Gasteiger partial charge >= 0.3 is 0 Å². The molecule has 2 aromatic rings. The molecule has 0 aliphatic carbocycles. The Labute approximate surface area is 162 Å². The molecule has 148 valence electrons. The molecular weight excluding hydrogens is 338 g/mol. The van der Waals surface area contributed by atoms with Crippen molar-refractivity contribution < 1.29 is 5.11 Å². The third kappa shape index (κ3) is 6.40. The Kier molecular flexibility index (Phi) is 8.33. The van der Waals surface area contributed by atoms with Crippen LogP contribution < -0.4 is 10.6 Å². The predicted octanol–water partition coefficient (Wildman–Crippen LogP) is 3.26. The van der Waals surface area contributed by atoms with E-state index in [4.69, 9.17) is 4.99 Å². The highest BCUT2D eigenvalue weighted by Crippen LogP contribution is 2.18. The van der Waals surface area contributed by atoms with Gasteiger partial charge in [0.25, 0.3) is 0 Å². The van der Waals surface area contributed by atoms with Crippen LogP contribution in [-0.4, -0.2) is 39.3 Å². The van der Waals surface area contributed by atoms with Gasteiger partial charge in [-0.25, -0.2) is 9.98 Å². The Morgan fingerprint density at radius 2 is 1.89 bits per heavy atom. The van der Waals surface area contributed by atoms with Gasteiger partial charge in [0.1, 0.15) is 0 Å². The van der Waals surface area contributed by atoms with Crippen LogP contribution in [0.25, 0.3) is 5.69 Å². The SMILES string of the molecule is CCCC(O)(CCC)CNC(=NCc1ccccc1-n1ccnc1)NCC. The Balaban J connectivity index is 2.10. The summed E-state index contributed by atoms with van der Waals surface area (Å²) in [5.74, 6) is 0.726. The molecule has 0 aliphatic heterocycles. The van der Waals surface area contributed by atoms with E-state index in [0.717, 1.165) is 49.4 Å². The molecule has 0 fully saturated rings. The first-order chi connectivity index (χ1) is 13.1. The summed E-state index contributed by atoms with van der Waals surface area (Å²) in [5.41, 5.74) is 1.50. The number of rotatable bonds is 10. The third-order valence-electron chi connectivity index (χ3n) is 4.54. The third-order valence-corrected chi connectivity index (χ3v) is 4.54. The molecule has 6 nitrogen and oxygen atoms in total. The molecule has 0 saturated heterocycles. The molecule has 3 N–H and O–H groups in total. The largest absolute Gasteiger partial charge is 0.388 e. The summed E-state index contributed by atoms with van der Waals surface area (Å²) in [5, 5.41) is 17.4. The fourth-order valence-electron chi connectivity index (χ4n) is 3.28. The zero-order valence-corrected chi connectivity index (χ0v) is 16.8. The lowest BCUT2D eigenvalue weighted by Gasteiger charge is -2.28. The van der Waals surface area contributed by atoms with Gasteiger partial charge in [0.2, 0.25) is 0 Å². The zero-order valence-electron chi connectivity index (χ0n) is 16.8. The fourth-order valence-corrected chi connectivity index (χ4v) is 3.28. The molecule has 0 aliphatic rings. The highest BCUT2D eigenvalue weighted by Gasteiger charge is 2.24. The minimum atomic E-state index is -0.686. The molecule has 0 amide bonds. The maximum Gasteiger partial charge on any atom is 0.191 e. The zero-order chi connectivity index (χ0) is 19.5. The van der Waals surface area contributed by atoms with Crippen LogP contribution in [0.3, 0.4) is 0 Å². The van der Waals surface area contributed by atoms with Crippen molar-refractivity contribution in [1.29, 1.82) is 0 Å². The second-order valence-corrected chi connectivity index (χ2v) is 6.87.